The van der Waals surface area contributed by atoms with Crippen LogP contribution in [-0.4, -0.2) is 24.7 Å². The molecule has 0 unspecified atom stereocenters. The average Bonchev–Trinajstić information content (AvgIpc) is 2.66. The maximum absolute atomic E-state index is 6.22. The monoisotopic (exact) mass is 324 g/mol. The van der Waals surface area contributed by atoms with Gasteiger partial charge in [-0.3, -0.25) is 4.98 Å². The van der Waals surface area contributed by atoms with Gasteiger partial charge >= 0.3 is 0 Å². The van der Waals surface area contributed by atoms with Crippen LogP contribution in [-0.2, 0) is 6.42 Å². The summed E-state index contributed by atoms with van der Waals surface area (Å²) in [5, 5.41) is 3.52. The van der Waals surface area contributed by atoms with Crippen molar-refractivity contribution < 1.29 is 4.74 Å². The van der Waals surface area contributed by atoms with E-state index in [1.54, 1.807) is 0 Å². The molecule has 1 aliphatic heterocycles. The smallest absolute Gasteiger partial charge is 0.140 e. The second kappa shape index (κ2) is 8.84. The number of hydrogen-bond donors (Lipinski definition) is 1. The highest BCUT2D eigenvalue weighted by atomic mass is 16.5. The van der Waals surface area contributed by atoms with Crippen molar-refractivity contribution in [3.63, 3.8) is 0 Å². The Morgan fingerprint density at radius 3 is 2.88 bits per heavy atom. The van der Waals surface area contributed by atoms with Gasteiger partial charge in [0.15, 0.2) is 0 Å². The third-order valence-corrected chi connectivity index (χ3v) is 4.90. The SMILES string of the molecule is CCCCc1ncccc1OC[C@@H]1CNCC[C@H]1c1ccccc1. The highest BCUT2D eigenvalue weighted by Gasteiger charge is 2.27. The van der Waals surface area contributed by atoms with Crippen molar-refractivity contribution in [1.29, 1.82) is 0 Å². The number of nitrogens with one attached hydrogen (secondary N) is 1. The minimum atomic E-state index is 0.500. The zero-order valence-corrected chi connectivity index (χ0v) is 14.6. The first-order chi connectivity index (χ1) is 11.9. The number of ether oxygens (including phenoxy) is 1. The minimum absolute atomic E-state index is 0.500. The van der Waals surface area contributed by atoms with Crippen molar-refractivity contribution in [3.05, 3.63) is 59.9 Å². The lowest BCUT2D eigenvalue weighted by molar-refractivity contribution is 0.195. The molecule has 1 N–H and O–H groups in total. The second-order valence-corrected chi connectivity index (χ2v) is 6.63. The topological polar surface area (TPSA) is 34.1 Å². The summed E-state index contributed by atoms with van der Waals surface area (Å²) in [5.41, 5.74) is 2.53. The maximum Gasteiger partial charge on any atom is 0.140 e. The average molecular weight is 324 g/mol. The van der Waals surface area contributed by atoms with Gasteiger partial charge in [0, 0.05) is 18.7 Å². The van der Waals surface area contributed by atoms with Gasteiger partial charge in [-0.1, -0.05) is 43.7 Å². The molecule has 0 bridgehead atoms. The zero-order chi connectivity index (χ0) is 16.6. The van der Waals surface area contributed by atoms with Crippen molar-refractivity contribution >= 4 is 0 Å². The number of pyridine rings is 1. The molecule has 2 aromatic rings. The summed E-state index contributed by atoms with van der Waals surface area (Å²) in [6.07, 6.45) is 6.38. The number of benzene rings is 1. The number of aromatic nitrogens is 1. The lowest BCUT2D eigenvalue weighted by atomic mass is 9.81. The molecule has 3 nitrogen and oxygen atoms in total. The highest BCUT2D eigenvalue weighted by molar-refractivity contribution is 5.27. The molecule has 0 radical (unpaired) electrons. The molecule has 128 valence electrons. The summed E-state index contributed by atoms with van der Waals surface area (Å²) in [6, 6.07) is 14.9. The van der Waals surface area contributed by atoms with Gasteiger partial charge in [-0.05, 0) is 49.4 Å². The van der Waals surface area contributed by atoms with Crippen LogP contribution in [0.3, 0.4) is 0 Å². The molecule has 0 aliphatic carbocycles. The van der Waals surface area contributed by atoms with Crippen molar-refractivity contribution in [3.8, 4) is 5.75 Å². The Bertz CT molecular complexity index is 614. The molecule has 0 amide bonds. The molecule has 1 aliphatic rings. The van der Waals surface area contributed by atoms with Crippen LogP contribution in [0, 0.1) is 5.92 Å². The first kappa shape index (κ1) is 17.0. The molecule has 1 aromatic heterocycles. The van der Waals surface area contributed by atoms with E-state index in [9.17, 15) is 0 Å². The van der Waals surface area contributed by atoms with E-state index in [1.165, 1.54) is 18.4 Å². The van der Waals surface area contributed by atoms with E-state index in [1.807, 2.05) is 12.3 Å². The van der Waals surface area contributed by atoms with Crippen LogP contribution in [0.1, 0.15) is 43.4 Å². The van der Waals surface area contributed by atoms with E-state index in [-0.39, 0.29) is 0 Å². The Kier molecular flexibility index (Phi) is 6.25. The first-order valence-electron chi connectivity index (χ1n) is 9.21. The molecule has 3 heteroatoms. The van der Waals surface area contributed by atoms with E-state index in [0.29, 0.717) is 11.8 Å². The van der Waals surface area contributed by atoms with Crippen LogP contribution in [0.2, 0.25) is 0 Å². The Hall–Kier alpha value is -1.87. The number of rotatable bonds is 7. The molecule has 2 heterocycles. The molecular weight excluding hydrogens is 296 g/mol. The quantitative estimate of drug-likeness (QED) is 0.829. The molecular formula is C21H28N2O. The van der Waals surface area contributed by atoms with Crippen LogP contribution in [0.15, 0.2) is 48.7 Å². The van der Waals surface area contributed by atoms with Gasteiger partial charge < -0.3 is 10.1 Å². The molecule has 1 fully saturated rings. The number of unbranched alkanes of at least 4 members (excludes halogenated alkanes) is 1. The van der Waals surface area contributed by atoms with Crippen molar-refractivity contribution in [1.82, 2.24) is 10.3 Å². The van der Waals surface area contributed by atoms with Crippen LogP contribution in [0.4, 0.5) is 0 Å². The normalized spacial score (nSPS) is 20.7. The summed E-state index contributed by atoms with van der Waals surface area (Å²) in [4.78, 5) is 4.52. The molecule has 3 rings (SSSR count). The maximum atomic E-state index is 6.22. The predicted octanol–water partition coefficient (Wildman–Crippen LogP) is 4.20. The predicted molar refractivity (Wildman–Crippen MR) is 98.5 cm³/mol. The fourth-order valence-electron chi connectivity index (χ4n) is 3.52. The van der Waals surface area contributed by atoms with Gasteiger partial charge in [-0.15, -0.1) is 0 Å². The summed E-state index contributed by atoms with van der Waals surface area (Å²) >= 11 is 0. The summed E-state index contributed by atoms with van der Waals surface area (Å²) < 4.78 is 6.22. The fourth-order valence-corrected chi connectivity index (χ4v) is 3.52. The standard InChI is InChI=1S/C21H28N2O/c1-2-3-10-20-21(11-7-13-23-20)24-16-18-15-22-14-12-19(18)17-8-5-4-6-9-17/h4-9,11,13,18-19,22H,2-3,10,12,14-16H2,1H3/t18-,19-/m0/s1. The molecule has 0 spiro atoms. The van der Waals surface area contributed by atoms with Gasteiger partial charge in [0.1, 0.15) is 5.75 Å². The van der Waals surface area contributed by atoms with Crippen molar-refractivity contribution in [2.24, 2.45) is 5.92 Å². The van der Waals surface area contributed by atoms with E-state index < -0.39 is 0 Å². The molecule has 1 aromatic carbocycles. The van der Waals surface area contributed by atoms with E-state index in [0.717, 1.165) is 44.0 Å². The van der Waals surface area contributed by atoms with Crippen molar-refractivity contribution in [2.75, 3.05) is 19.7 Å². The molecule has 0 saturated carbocycles. The largest absolute Gasteiger partial charge is 0.491 e. The number of hydrogen-bond acceptors (Lipinski definition) is 3. The number of nitrogens with zero attached hydrogens (tertiary/aromatic N) is 1. The van der Waals surface area contributed by atoms with E-state index in [2.05, 4.69) is 53.6 Å². The Labute approximate surface area is 145 Å². The van der Waals surface area contributed by atoms with E-state index in [4.69, 9.17) is 4.74 Å². The van der Waals surface area contributed by atoms with Gasteiger partial charge in [-0.2, -0.15) is 0 Å². The Balaban J connectivity index is 1.66. The zero-order valence-electron chi connectivity index (χ0n) is 14.6. The number of piperidine rings is 1. The third kappa shape index (κ3) is 4.35. The van der Waals surface area contributed by atoms with E-state index >= 15 is 0 Å². The van der Waals surface area contributed by atoms with Crippen LogP contribution in [0.25, 0.3) is 0 Å². The first-order valence-corrected chi connectivity index (χ1v) is 9.21. The van der Waals surface area contributed by atoms with Gasteiger partial charge in [0.25, 0.3) is 0 Å². The lowest BCUT2D eigenvalue weighted by Crippen LogP contribution is -2.38. The van der Waals surface area contributed by atoms with Gasteiger partial charge in [0.2, 0.25) is 0 Å². The van der Waals surface area contributed by atoms with Gasteiger partial charge in [-0.25, -0.2) is 0 Å². The second-order valence-electron chi connectivity index (χ2n) is 6.63. The summed E-state index contributed by atoms with van der Waals surface area (Å²) in [6.45, 7) is 5.06. The fraction of sp³-hybridized carbons (Fsp3) is 0.476. The Morgan fingerprint density at radius 1 is 1.17 bits per heavy atom. The summed E-state index contributed by atoms with van der Waals surface area (Å²) in [7, 11) is 0. The Morgan fingerprint density at radius 2 is 2.04 bits per heavy atom. The lowest BCUT2D eigenvalue weighted by Gasteiger charge is -2.32. The molecule has 1 saturated heterocycles. The highest BCUT2D eigenvalue weighted by Crippen LogP contribution is 2.31. The minimum Gasteiger partial charge on any atom is -0.491 e. The van der Waals surface area contributed by atoms with Gasteiger partial charge in [0.05, 0.1) is 12.3 Å². The van der Waals surface area contributed by atoms with Crippen LogP contribution in [0.5, 0.6) is 5.75 Å². The number of aryl methyl sites for hydroxylation is 1. The molecule has 2 atom stereocenters. The van der Waals surface area contributed by atoms with Crippen LogP contribution >= 0.6 is 0 Å². The third-order valence-electron chi connectivity index (χ3n) is 4.90. The molecule has 24 heavy (non-hydrogen) atoms. The summed E-state index contributed by atoms with van der Waals surface area (Å²) in [5.74, 6) is 2.03. The van der Waals surface area contributed by atoms with Crippen molar-refractivity contribution in [2.45, 2.75) is 38.5 Å². The van der Waals surface area contributed by atoms with Crippen LogP contribution < -0.4 is 10.1 Å².